The van der Waals surface area contributed by atoms with Crippen molar-refractivity contribution in [3.05, 3.63) is 67.6 Å². The zero-order valence-corrected chi connectivity index (χ0v) is 15.1. The first-order chi connectivity index (χ1) is 9.60. The van der Waals surface area contributed by atoms with Crippen molar-refractivity contribution in [1.29, 1.82) is 0 Å². The lowest BCUT2D eigenvalue weighted by Gasteiger charge is -2.18. The van der Waals surface area contributed by atoms with E-state index in [1.165, 1.54) is 11.1 Å². The molecule has 0 aliphatic rings. The first kappa shape index (κ1) is 16.0. The van der Waals surface area contributed by atoms with Crippen LogP contribution in [0.2, 0.25) is 5.02 Å². The molecule has 0 amide bonds. The molecule has 1 nitrogen and oxygen atoms in total. The molecular formula is C16H16Br2ClN. The molecule has 0 fully saturated rings. The van der Waals surface area contributed by atoms with Crippen molar-refractivity contribution in [1.82, 2.24) is 5.32 Å². The lowest BCUT2D eigenvalue weighted by atomic mass is 10.0. The molecule has 0 saturated heterocycles. The quantitative estimate of drug-likeness (QED) is 0.619. The molecule has 0 spiro atoms. The van der Waals surface area contributed by atoms with Gasteiger partial charge in [-0.15, -0.1) is 0 Å². The summed E-state index contributed by atoms with van der Waals surface area (Å²) in [5.41, 5.74) is 2.49. The number of hydrogen-bond donors (Lipinski definition) is 1. The maximum atomic E-state index is 6.12. The fourth-order valence-electron chi connectivity index (χ4n) is 2.08. The van der Waals surface area contributed by atoms with Gasteiger partial charge in [0, 0.05) is 21.5 Å². The van der Waals surface area contributed by atoms with Crippen molar-refractivity contribution in [2.24, 2.45) is 0 Å². The molecule has 4 heteroatoms. The van der Waals surface area contributed by atoms with Gasteiger partial charge in [-0.3, -0.25) is 0 Å². The Hall–Kier alpha value is -0.350. The number of rotatable bonds is 5. The van der Waals surface area contributed by atoms with Crippen LogP contribution in [0, 0.1) is 0 Å². The molecule has 0 aliphatic carbocycles. The zero-order valence-electron chi connectivity index (χ0n) is 11.2. The van der Waals surface area contributed by atoms with E-state index >= 15 is 0 Å². The SMILES string of the molecule is CCC(NCc1ccc(Br)c(Cl)c1)c1ccc(Br)cc1. The average molecular weight is 418 g/mol. The molecule has 1 N–H and O–H groups in total. The zero-order chi connectivity index (χ0) is 14.5. The van der Waals surface area contributed by atoms with Gasteiger partial charge in [-0.1, -0.05) is 52.7 Å². The number of nitrogens with one attached hydrogen (secondary N) is 1. The van der Waals surface area contributed by atoms with Crippen molar-refractivity contribution >= 4 is 43.5 Å². The van der Waals surface area contributed by atoms with Crippen LogP contribution in [0.25, 0.3) is 0 Å². The Labute approximate surface area is 142 Å². The van der Waals surface area contributed by atoms with Gasteiger partial charge in [-0.05, 0) is 57.7 Å². The monoisotopic (exact) mass is 415 g/mol. The van der Waals surface area contributed by atoms with Crippen molar-refractivity contribution < 1.29 is 0 Å². The van der Waals surface area contributed by atoms with E-state index in [-0.39, 0.29) is 0 Å². The summed E-state index contributed by atoms with van der Waals surface area (Å²) < 4.78 is 2.04. The highest BCUT2D eigenvalue weighted by molar-refractivity contribution is 9.10. The van der Waals surface area contributed by atoms with E-state index in [4.69, 9.17) is 11.6 Å². The van der Waals surface area contributed by atoms with E-state index in [9.17, 15) is 0 Å². The molecule has 2 aromatic carbocycles. The third kappa shape index (κ3) is 4.32. The minimum absolute atomic E-state index is 0.352. The molecule has 2 rings (SSSR count). The molecular weight excluding hydrogens is 401 g/mol. The molecule has 1 atom stereocenters. The van der Waals surface area contributed by atoms with Crippen LogP contribution in [0.15, 0.2) is 51.4 Å². The molecule has 20 heavy (non-hydrogen) atoms. The smallest absolute Gasteiger partial charge is 0.0551 e. The summed E-state index contributed by atoms with van der Waals surface area (Å²) in [7, 11) is 0. The van der Waals surface area contributed by atoms with Gasteiger partial charge in [0.15, 0.2) is 0 Å². The van der Waals surface area contributed by atoms with Crippen LogP contribution in [-0.2, 0) is 6.54 Å². The van der Waals surface area contributed by atoms with Crippen LogP contribution in [-0.4, -0.2) is 0 Å². The van der Waals surface area contributed by atoms with Crippen molar-refractivity contribution in [3.63, 3.8) is 0 Å². The Morgan fingerprint density at radius 2 is 1.80 bits per heavy atom. The summed E-state index contributed by atoms with van der Waals surface area (Å²) in [6.45, 7) is 3.00. The fourth-order valence-corrected chi connectivity index (χ4v) is 2.80. The summed E-state index contributed by atoms with van der Waals surface area (Å²) in [6, 6.07) is 14.9. The predicted molar refractivity (Wildman–Crippen MR) is 93.2 cm³/mol. The fraction of sp³-hybridized carbons (Fsp3) is 0.250. The van der Waals surface area contributed by atoms with Gasteiger partial charge in [-0.2, -0.15) is 0 Å². The Morgan fingerprint density at radius 3 is 2.40 bits per heavy atom. The van der Waals surface area contributed by atoms with Gasteiger partial charge in [0.05, 0.1) is 5.02 Å². The molecule has 0 aromatic heterocycles. The normalized spacial score (nSPS) is 12.4. The van der Waals surface area contributed by atoms with Crippen LogP contribution in [0.3, 0.4) is 0 Å². The van der Waals surface area contributed by atoms with Gasteiger partial charge in [0.1, 0.15) is 0 Å². The lowest BCUT2D eigenvalue weighted by Crippen LogP contribution is -2.20. The molecule has 1 unspecified atom stereocenters. The summed E-state index contributed by atoms with van der Waals surface area (Å²) in [4.78, 5) is 0. The predicted octanol–water partition coefficient (Wildman–Crippen LogP) is 6.11. The number of hydrogen-bond acceptors (Lipinski definition) is 1. The van der Waals surface area contributed by atoms with Gasteiger partial charge < -0.3 is 5.32 Å². The lowest BCUT2D eigenvalue weighted by molar-refractivity contribution is 0.519. The van der Waals surface area contributed by atoms with E-state index in [0.29, 0.717) is 6.04 Å². The number of halogens is 3. The van der Waals surface area contributed by atoms with Crippen LogP contribution < -0.4 is 5.32 Å². The third-order valence-electron chi connectivity index (χ3n) is 3.22. The standard InChI is InChI=1S/C16H16Br2ClN/c1-2-16(12-4-6-13(17)7-5-12)20-10-11-3-8-14(18)15(19)9-11/h3-9,16,20H,2,10H2,1H3. The van der Waals surface area contributed by atoms with Crippen molar-refractivity contribution in [3.8, 4) is 0 Å². The summed E-state index contributed by atoms with van der Waals surface area (Å²) in [5, 5.41) is 4.33. The van der Waals surface area contributed by atoms with E-state index in [1.54, 1.807) is 0 Å². The summed E-state index contributed by atoms with van der Waals surface area (Å²) in [5.74, 6) is 0. The molecule has 106 valence electrons. The molecule has 0 bridgehead atoms. The number of benzene rings is 2. The van der Waals surface area contributed by atoms with Gasteiger partial charge in [-0.25, -0.2) is 0 Å². The van der Waals surface area contributed by atoms with Gasteiger partial charge in [0.2, 0.25) is 0 Å². The van der Waals surface area contributed by atoms with Crippen molar-refractivity contribution in [2.45, 2.75) is 25.9 Å². The second-order valence-corrected chi connectivity index (χ2v) is 6.82. The van der Waals surface area contributed by atoms with E-state index in [0.717, 1.165) is 26.9 Å². The maximum absolute atomic E-state index is 6.12. The average Bonchev–Trinajstić information content (AvgIpc) is 2.45. The van der Waals surface area contributed by atoms with E-state index in [2.05, 4.69) is 74.4 Å². The molecule has 0 heterocycles. The second kappa shape index (κ2) is 7.60. The van der Waals surface area contributed by atoms with Gasteiger partial charge in [0.25, 0.3) is 0 Å². The summed E-state index contributed by atoms with van der Waals surface area (Å²) in [6.07, 6.45) is 1.05. The minimum Gasteiger partial charge on any atom is -0.306 e. The minimum atomic E-state index is 0.352. The van der Waals surface area contributed by atoms with E-state index < -0.39 is 0 Å². The Bertz CT molecular complexity index is 569. The molecule has 0 aliphatic heterocycles. The van der Waals surface area contributed by atoms with Crippen molar-refractivity contribution in [2.75, 3.05) is 0 Å². The molecule has 0 saturated carbocycles. The van der Waals surface area contributed by atoms with Crippen LogP contribution >= 0.6 is 43.5 Å². The van der Waals surface area contributed by atoms with E-state index in [1.807, 2.05) is 12.1 Å². The highest BCUT2D eigenvalue weighted by Crippen LogP contribution is 2.24. The molecule has 2 aromatic rings. The summed E-state index contributed by atoms with van der Waals surface area (Å²) >= 11 is 13.0. The Morgan fingerprint density at radius 1 is 1.10 bits per heavy atom. The first-order valence-corrected chi connectivity index (χ1v) is 8.49. The van der Waals surface area contributed by atoms with Crippen LogP contribution in [0.4, 0.5) is 0 Å². The second-order valence-electron chi connectivity index (χ2n) is 4.64. The Balaban J connectivity index is 2.03. The van der Waals surface area contributed by atoms with Crippen LogP contribution in [0.1, 0.15) is 30.5 Å². The first-order valence-electron chi connectivity index (χ1n) is 6.53. The van der Waals surface area contributed by atoms with Gasteiger partial charge >= 0.3 is 0 Å². The molecule has 0 radical (unpaired) electrons. The third-order valence-corrected chi connectivity index (χ3v) is 4.98. The Kier molecular flexibility index (Phi) is 6.09. The van der Waals surface area contributed by atoms with Crippen LogP contribution in [0.5, 0.6) is 0 Å². The maximum Gasteiger partial charge on any atom is 0.0551 e. The highest BCUT2D eigenvalue weighted by Gasteiger charge is 2.09. The topological polar surface area (TPSA) is 12.0 Å². The highest BCUT2D eigenvalue weighted by atomic mass is 79.9. The largest absolute Gasteiger partial charge is 0.306 e.